The highest BCUT2D eigenvalue weighted by Crippen LogP contribution is 2.27. The maximum Gasteiger partial charge on any atom is 0.405 e. The number of carbonyl (C=O) groups is 2. The van der Waals surface area contributed by atoms with E-state index in [0.29, 0.717) is 49.9 Å². The lowest BCUT2D eigenvalue weighted by Gasteiger charge is -2.35. The first-order valence-corrected chi connectivity index (χ1v) is 12.1. The van der Waals surface area contributed by atoms with Crippen molar-refractivity contribution in [2.75, 3.05) is 44.2 Å². The number of halogens is 3. The number of nitrogens with one attached hydrogen (secondary N) is 1. The summed E-state index contributed by atoms with van der Waals surface area (Å²) >= 11 is 0. The second kappa shape index (κ2) is 11.4. The molecule has 1 saturated heterocycles. The number of rotatable bonds is 7. The van der Waals surface area contributed by atoms with E-state index in [4.69, 9.17) is 4.74 Å². The first-order chi connectivity index (χ1) is 18.1. The summed E-state index contributed by atoms with van der Waals surface area (Å²) in [6.07, 6.45) is -1.08. The van der Waals surface area contributed by atoms with Crippen molar-refractivity contribution >= 4 is 17.6 Å². The van der Waals surface area contributed by atoms with Crippen LogP contribution in [-0.2, 0) is 0 Å². The molecule has 0 unspecified atom stereocenters. The SMILES string of the molecule is CCOc1cncc(-c2ccc(C(=O)N3CCN(c4ccc(C(=O)NCC(F)(F)F)nn4)CC3)cc2C)c1. The number of amides is 2. The highest BCUT2D eigenvalue weighted by atomic mass is 19.4. The van der Waals surface area contributed by atoms with Gasteiger partial charge >= 0.3 is 6.18 Å². The van der Waals surface area contributed by atoms with Gasteiger partial charge in [-0.3, -0.25) is 14.6 Å². The fourth-order valence-electron chi connectivity index (χ4n) is 4.14. The third-order valence-corrected chi connectivity index (χ3v) is 6.03. The largest absolute Gasteiger partial charge is 0.492 e. The van der Waals surface area contributed by atoms with Gasteiger partial charge in [-0.05, 0) is 55.3 Å². The molecule has 0 bridgehead atoms. The molecule has 1 aliphatic heterocycles. The molecule has 9 nitrogen and oxygen atoms in total. The van der Waals surface area contributed by atoms with Crippen LogP contribution in [0.15, 0.2) is 48.8 Å². The van der Waals surface area contributed by atoms with Gasteiger partial charge in [0.25, 0.3) is 11.8 Å². The number of aryl methyl sites for hydroxylation is 1. The lowest BCUT2D eigenvalue weighted by Crippen LogP contribution is -2.49. The highest BCUT2D eigenvalue weighted by molar-refractivity contribution is 5.95. The number of carbonyl (C=O) groups excluding carboxylic acids is 2. The third-order valence-electron chi connectivity index (χ3n) is 6.03. The van der Waals surface area contributed by atoms with Crippen LogP contribution in [0.25, 0.3) is 11.1 Å². The van der Waals surface area contributed by atoms with Gasteiger partial charge < -0.3 is 19.9 Å². The van der Waals surface area contributed by atoms with E-state index in [-0.39, 0.29) is 11.6 Å². The Bertz CT molecular complexity index is 1290. The van der Waals surface area contributed by atoms with Crippen LogP contribution in [0.5, 0.6) is 5.75 Å². The van der Waals surface area contributed by atoms with Crippen molar-refractivity contribution < 1.29 is 27.5 Å². The Morgan fingerprint density at radius 2 is 1.79 bits per heavy atom. The highest BCUT2D eigenvalue weighted by Gasteiger charge is 2.28. The Balaban J connectivity index is 1.35. The molecule has 0 atom stereocenters. The Morgan fingerprint density at radius 3 is 2.42 bits per heavy atom. The van der Waals surface area contributed by atoms with Crippen molar-refractivity contribution in [2.45, 2.75) is 20.0 Å². The van der Waals surface area contributed by atoms with Crippen LogP contribution < -0.4 is 15.0 Å². The number of benzene rings is 1. The predicted octanol–water partition coefficient (Wildman–Crippen LogP) is 3.50. The fraction of sp³-hybridized carbons (Fsp3) is 0.346. The van der Waals surface area contributed by atoms with Crippen molar-refractivity contribution in [2.24, 2.45) is 0 Å². The van der Waals surface area contributed by atoms with E-state index in [0.717, 1.165) is 16.7 Å². The maximum atomic E-state index is 13.2. The second-order valence-electron chi connectivity index (χ2n) is 8.73. The molecular weight excluding hydrogens is 501 g/mol. The van der Waals surface area contributed by atoms with Gasteiger partial charge in [-0.25, -0.2) is 0 Å². The zero-order valence-corrected chi connectivity index (χ0v) is 21.0. The van der Waals surface area contributed by atoms with Crippen molar-refractivity contribution in [3.8, 4) is 16.9 Å². The Morgan fingerprint density at radius 1 is 1.03 bits per heavy atom. The minimum atomic E-state index is -4.51. The molecule has 0 radical (unpaired) electrons. The summed E-state index contributed by atoms with van der Waals surface area (Å²) in [5.41, 5.74) is 3.20. The van der Waals surface area contributed by atoms with E-state index in [2.05, 4.69) is 15.2 Å². The average molecular weight is 529 g/mol. The van der Waals surface area contributed by atoms with Gasteiger partial charge in [-0.15, -0.1) is 10.2 Å². The van der Waals surface area contributed by atoms with E-state index in [9.17, 15) is 22.8 Å². The monoisotopic (exact) mass is 528 g/mol. The Kier molecular flexibility index (Phi) is 8.08. The smallest absolute Gasteiger partial charge is 0.405 e. The van der Waals surface area contributed by atoms with Crippen molar-refractivity contribution in [3.63, 3.8) is 0 Å². The summed E-state index contributed by atoms with van der Waals surface area (Å²) in [5, 5.41) is 9.49. The summed E-state index contributed by atoms with van der Waals surface area (Å²) in [4.78, 5) is 32.9. The number of hydrogen-bond acceptors (Lipinski definition) is 7. The number of aromatic nitrogens is 3. The molecule has 0 aliphatic carbocycles. The standard InChI is InChI=1S/C26H27F3N6O3/c1-3-38-20-13-19(14-30-15-20)21-5-4-18(12-17(21)2)25(37)35-10-8-34(9-11-35)23-7-6-22(32-33-23)24(36)31-16-26(27,28)29/h4-7,12-15H,3,8-11,16H2,1-2H3,(H,31,36). The number of pyridine rings is 1. The molecule has 2 amide bonds. The van der Waals surface area contributed by atoms with Gasteiger partial charge in [-0.1, -0.05) is 6.07 Å². The summed E-state index contributed by atoms with van der Waals surface area (Å²) < 4.78 is 42.4. The lowest BCUT2D eigenvalue weighted by molar-refractivity contribution is -0.123. The second-order valence-corrected chi connectivity index (χ2v) is 8.73. The molecule has 4 rings (SSSR count). The van der Waals surface area contributed by atoms with Gasteiger partial charge in [0.15, 0.2) is 11.5 Å². The molecule has 0 spiro atoms. The van der Waals surface area contributed by atoms with Crippen LogP contribution in [0.1, 0.15) is 33.3 Å². The van der Waals surface area contributed by atoms with E-state index in [1.807, 2.05) is 36.9 Å². The Labute approximate surface area is 217 Å². The molecule has 3 aromatic rings. The zero-order chi connectivity index (χ0) is 27.3. The molecular formula is C26H27F3N6O3. The Hall–Kier alpha value is -4.22. The molecule has 3 heterocycles. The summed E-state index contributed by atoms with van der Waals surface area (Å²) in [6, 6.07) is 10.4. The fourth-order valence-corrected chi connectivity index (χ4v) is 4.14. The zero-order valence-electron chi connectivity index (χ0n) is 21.0. The van der Waals surface area contributed by atoms with E-state index in [1.165, 1.54) is 12.1 Å². The molecule has 12 heteroatoms. The normalized spacial score (nSPS) is 13.8. The number of anilines is 1. The van der Waals surface area contributed by atoms with Gasteiger partial charge in [0.2, 0.25) is 0 Å². The van der Waals surface area contributed by atoms with E-state index < -0.39 is 18.6 Å². The minimum Gasteiger partial charge on any atom is -0.492 e. The van der Waals surface area contributed by atoms with Crippen LogP contribution in [0.3, 0.4) is 0 Å². The number of hydrogen-bond donors (Lipinski definition) is 1. The first kappa shape index (κ1) is 26.8. The molecule has 200 valence electrons. The van der Waals surface area contributed by atoms with Crippen LogP contribution in [0.4, 0.5) is 19.0 Å². The summed E-state index contributed by atoms with van der Waals surface area (Å²) in [5.74, 6) is 0.138. The van der Waals surface area contributed by atoms with Gasteiger partial charge in [0, 0.05) is 43.5 Å². The number of alkyl halides is 3. The molecule has 1 aromatic carbocycles. The van der Waals surface area contributed by atoms with Crippen molar-refractivity contribution in [3.05, 3.63) is 65.6 Å². The number of nitrogens with zero attached hydrogens (tertiary/aromatic N) is 5. The predicted molar refractivity (Wildman–Crippen MR) is 134 cm³/mol. The van der Waals surface area contributed by atoms with Gasteiger partial charge in [-0.2, -0.15) is 13.2 Å². The van der Waals surface area contributed by atoms with Crippen LogP contribution >= 0.6 is 0 Å². The maximum absolute atomic E-state index is 13.2. The average Bonchev–Trinajstić information content (AvgIpc) is 2.91. The molecule has 1 fully saturated rings. The lowest BCUT2D eigenvalue weighted by atomic mass is 9.99. The van der Waals surface area contributed by atoms with Crippen LogP contribution in [0.2, 0.25) is 0 Å². The third kappa shape index (κ3) is 6.55. The topological polar surface area (TPSA) is 101 Å². The summed E-state index contributed by atoms with van der Waals surface area (Å²) in [6.45, 7) is 4.86. The first-order valence-electron chi connectivity index (χ1n) is 12.1. The van der Waals surface area contributed by atoms with Crippen LogP contribution in [0, 0.1) is 6.92 Å². The minimum absolute atomic E-state index is 0.0803. The number of ether oxygens (including phenoxy) is 1. The van der Waals surface area contributed by atoms with E-state index >= 15 is 0 Å². The molecule has 1 aliphatic rings. The van der Waals surface area contributed by atoms with Gasteiger partial charge in [0.1, 0.15) is 12.3 Å². The van der Waals surface area contributed by atoms with Crippen molar-refractivity contribution in [1.29, 1.82) is 0 Å². The van der Waals surface area contributed by atoms with E-state index in [1.54, 1.807) is 28.7 Å². The molecule has 0 saturated carbocycles. The summed E-state index contributed by atoms with van der Waals surface area (Å²) in [7, 11) is 0. The quantitative estimate of drug-likeness (QED) is 0.501. The molecule has 38 heavy (non-hydrogen) atoms. The number of piperazine rings is 1. The van der Waals surface area contributed by atoms with Crippen molar-refractivity contribution in [1.82, 2.24) is 25.4 Å². The van der Waals surface area contributed by atoms with Crippen LogP contribution in [-0.4, -0.2) is 77.4 Å². The van der Waals surface area contributed by atoms with Gasteiger partial charge in [0.05, 0.1) is 12.8 Å². The molecule has 2 aromatic heterocycles. The molecule has 1 N–H and O–H groups in total.